The van der Waals surface area contributed by atoms with Crippen molar-refractivity contribution in [2.75, 3.05) is 6.61 Å². The lowest BCUT2D eigenvalue weighted by Crippen LogP contribution is -2.35. The van der Waals surface area contributed by atoms with Gasteiger partial charge in [0.1, 0.15) is 0 Å². The summed E-state index contributed by atoms with van der Waals surface area (Å²) < 4.78 is 5.26. The number of aromatic nitrogens is 1. The maximum absolute atomic E-state index is 10.7. The third kappa shape index (κ3) is 3.67. The fraction of sp³-hybridized carbons (Fsp3) is 0.455. The van der Waals surface area contributed by atoms with Gasteiger partial charge in [0.2, 0.25) is 0 Å². The van der Waals surface area contributed by atoms with Crippen LogP contribution in [0.25, 0.3) is 0 Å². The van der Waals surface area contributed by atoms with Crippen molar-refractivity contribution in [2.24, 2.45) is 0 Å². The minimum atomic E-state index is -1.13. The summed E-state index contributed by atoms with van der Waals surface area (Å²) in [5.74, 6) is -0.955. The van der Waals surface area contributed by atoms with Gasteiger partial charge in [0.15, 0.2) is 5.60 Å². The average Bonchev–Trinajstić information content (AvgIpc) is 2.19. The molecule has 0 saturated heterocycles. The van der Waals surface area contributed by atoms with Crippen LogP contribution in [0.2, 0.25) is 0 Å². The quantitative estimate of drug-likeness (QED) is 0.798. The summed E-state index contributed by atoms with van der Waals surface area (Å²) in [6, 6.07) is 5.62. The molecule has 1 aromatic heterocycles. The van der Waals surface area contributed by atoms with Gasteiger partial charge in [-0.3, -0.25) is 4.98 Å². The molecule has 1 heterocycles. The average molecular weight is 209 g/mol. The number of carboxylic acids is 1. The summed E-state index contributed by atoms with van der Waals surface area (Å²) in [5.41, 5.74) is -0.229. The van der Waals surface area contributed by atoms with Gasteiger partial charge in [-0.15, -0.1) is 0 Å². The van der Waals surface area contributed by atoms with E-state index >= 15 is 0 Å². The second-order valence-corrected chi connectivity index (χ2v) is 3.73. The lowest BCUT2D eigenvalue weighted by molar-refractivity contribution is -0.161. The van der Waals surface area contributed by atoms with E-state index in [1.54, 1.807) is 6.20 Å². The molecule has 0 atom stereocenters. The second-order valence-electron chi connectivity index (χ2n) is 3.73. The first kappa shape index (κ1) is 11.7. The van der Waals surface area contributed by atoms with Gasteiger partial charge in [0.25, 0.3) is 0 Å². The Morgan fingerprint density at radius 2 is 2.27 bits per heavy atom. The molecule has 0 radical (unpaired) electrons. The van der Waals surface area contributed by atoms with Crippen molar-refractivity contribution >= 4 is 5.97 Å². The van der Waals surface area contributed by atoms with Crippen LogP contribution in [0.4, 0.5) is 0 Å². The fourth-order valence-electron chi connectivity index (χ4n) is 1.02. The van der Waals surface area contributed by atoms with Gasteiger partial charge in [-0.1, -0.05) is 6.07 Å². The van der Waals surface area contributed by atoms with Crippen LogP contribution in [0.5, 0.6) is 0 Å². The van der Waals surface area contributed by atoms with Gasteiger partial charge in [-0.25, -0.2) is 4.79 Å². The minimum absolute atomic E-state index is 0.357. The van der Waals surface area contributed by atoms with E-state index in [4.69, 9.17) is 9.84 Å². The van der Waals surface area contributed by atoms with E-state index in [0.717, 1.165) is 5.69 Å². The summed E-state index contributed by atoms with van der Waals surface area (Å²) >= 11 is 0. The molecule has 0 bridgehead atoms. The van der Waals surface area contributed by atoms with Gasteiger partial charge in [-0.2, -0.15) is 0 Å². The zero-order chi connectivity index (χ0) is 11.3. The highest BCUT2D eigenvalue weighted by Crippen LogP contribution is 2.09. The first-order valence-corrected chi connectivity index (χ1v) is 4.79. The number of carboxylic acid groups (broad SMARTS) is 1. The molecule has 4 nitrogen and oxygen atoms in total. The van der Waals surface area contributed by atoms with Crippen LogP contribution in [0.3, 0.4) is 0 Å². The summed E-state index contributed by atoms with van der Waals surface area (Å²) in [5, 5.41) is 8.80. The molecular weight excluding hydrogens is 194 g/mol. The first-order valence-electron chi connectivity index (χ1n) is 4.79. The second kappa shape index (κ2) is 4.89. The fourth-order valence-corrected chi connectivity index (χ4v) is 1.02. The molecular formula is C11H15NO3. The molecule has 0 amide bonds. The highest BCUT2D eigenvalue weighted by molar-refractivity contribution is 5.76. The Morgan fingerprint density at radius 1 is 1.53 bits per heavy atom. The molecule has 82 valence electrons. The number of hydrogen-bond acceptors (Lipinski definition) is 3. The molecule has 0 aliphatic carbocycles. The molecule has 0 aliphatic heterocycles. The predicted molar refractivity (Wildman–Crippen MR) is 55.6 cm³/mol. The number of ether oxygens (including phenoxy) is 1. The van der Waals surface area contributed by atoms with Crippen molar-refractivity contribution in [3.63, 3.8) is 0 Å². The molecule has 0 unspecified atom stereocenters. The third-order valence-electron chi connectivity index (χ3n) is 2.06. The van der Waals surface area contributed by atoms with E-state index in [-0.39, 0.29) is 0 Å². The van der Waals surface area contributed by atoms with Crippen molar-refractivity contribution < 1.29 is 14.6 Å². The Morgan fingerprint density at radius 3 is 2.80 bits per heavy atom. The SMILES string of the molecule is CC(C)(OCCc1ccccn1)C(=O)O. The molecule has 1 aromatic rings. The molecule has 0 fully saturated rings. The van der Waals surface area contributed by atoms with Crippen molar-refractivity contribution in [1.29, 1.82) is 0 Å². The van der Waals surface area contributed by atoms with Gasteiger partial charge < -0.3 is 9.84 Å². The van der Waals surface area contributed by atoms with Crippen molar-refractivity contribution in [3.8, 4) is 0 Å². The van der Waals surface area contributed by atoms with Crippen LogP contribution in [-0.2, 0) is 16.0 Å². The highest BCUT2D eigenvalue weighted by atomic mass is 16.5. The number of aliphatic carboxylic acids is 1. The summed E-state index contributed by atoms with van der Waals surface area (Å²) in [4.78, 5) is 14.8. The van der Waals surface area contributed by atoms with Gasteiger partial charge in [-0.05, 0) is 26.0 Å². The Bertz CT molecular complexity index is 322. The van der Waals surface area contributed by atoms with Gasteiger partial charge >= 0.3 is 5.97 Å². The highest BCUT2D eigenvalue weighted by Gasteiger charge is 2.27. The van der Waals surface area contributed by atoms with Crippen LogP contribution in [0, 0.1) is 0 Å². The van der Waals surface area contributed by atoms with E-state index in [1.165, 1.54) is 13.8 Å². The molecule has 0 spiro atoms. The number of hydrogen-bond donors (Lipinski definition) is 1. The normalized spacial score (nSPS) is 11.3. The van der Waals surface area contributed by atoms with E-state index in [0.29, 0.717) is 13.0 Å². The summed E-state index contributed by atoms with van der Waals surface area (Å²) in [6.45, 7) is 3.43. The Kier molecular flexibility index (Phi) is 3.80. The largest absolute Gasteiger partial charge is 0.479 e. The van der Waals surface area contributed by atoms with Gasteiger partial charge in [0, 0.05) is 18.3 Å². The minimum Gasteiger partial charge on any atom is -0.479 e. The van der Waals surface area contributed by atoms with Crippen molar-refractivity contribution in [1.82, 2.24) is 4.98 Å². The lowest BCUT2D eigenvalue weighted by Gasteiger charge is -2.19. The monoisotopic (exact) mass is 209 g/mol. The van der Waals surface area contributed by atoms with Crippen molar-refractivity contribution in [3.05, 3.63) is 30.1 Å². The maximum Gasteiger partial charge on any atom is 0.335 e. The Balaban J connectivity index is 2.37. The van der Waals surface area contributed by atoms with Crippen LogP contribution < -0.4 is 0 Å². The number of pyridine rings is 1. The van der Waals surface area contributed by atoms with E-state index in [2.05, 4.69) is 4.98 Å². The Labute approximate surface area is 88.9 Å². The van der Waals surface area contributed by atoms with Crippen LogP contribution in [0.1, 0.15) is 19.5 Å². The molecule has 1 rings (SSSR count). The molecule has 0 aliphatic rings. The zero-order valence-electron chi connectivity index (χ0n) is 8.93. The molecule has 0 aromatic carbocycles. The summed E-state index contributed by atoms with van der Waals surface area (Å²) in [6.07, 6.45) is 2.33. The molecule has 15 heavy (non-hydrogen) atoms. The Hall–Kier alpha value is -1.42. The van der Waals surface area contributed by atoms with Crippen LogP contribution in [-0.4, -0.2) is 28.3 Å². The molecule has 0 saturated carbocycles. The topological polar surface area (TPSA) is 59.4 Å². The number of nitrogens with zero attached hydrogens (tertiary/aromatic N) is 1. The first-order chi connectivity index (χ1) is 7.02. The summed E-state index contributed by atoms with van der Waals surface area (Å²) in [7, 11) is 0. The van der Waals surface area contributed by atoms with E-state index in [9.17, 15) is 4.79 Å². The number of carbonyl (C=O) groups is 1. The third-order valence-corrected chi connectivity index (χ3v) is 2.06. The maximum atomic E-state index is 10.7. The van der Waals surface area contributed by atoms with E-state index in [1.807, 2.05) is 18.2 Å². The standard InChI is InChI=1S/C11H15NO3/c1-11(2,10(13)14)15-8-6-9-5-3-4-7-12-9/h3-5,7H,6,8H2,1-2H3,(H,13,14). The smallest absolute Gasteiger partial charge is 0.335 e. The zero-order valence-corrected chi connectivity index (χ0v) is 8.93. The number of rotatable bonds is 5. The van der Waals surface area contributed by atoms with E-state index < -0.39 is 11.6 Å². The predicted octanol–water partition coefficient (Wildman–Crippen LogP) is 1.50. The lowest BCUT2D eigenvalue weighted by atomic mass is 10.1. The molecule has 1 N–H and O–H groups in total. The van der Waals surface area contributed by atoms with Crippen molar-refractivity contribution in [2.45, 2.75) is 25.9 Å². The van der Waals surface area contributed by atoms with Crippen LogP contribution in [0.15, 0.2) is 24.4 Å². The molecule has 4 heteroatoms. The van der Waals surface area contributed by atoms with Crippen LogP contribution >= 0.6 is 0 Å². The van der Waals surface area contributed by atoms with Gasteiger partial charge in [0.05, 0.1) is 6.61 Å².